The fourth-order valence-electron chi connectivity index (χ4n) is 2.63. The summed E-state index contributed by atoms with van der Waals surface area (Å²) < 4.78 is 7.43. The molecule has 0 unspecified atom stereocenters. The number of benzene rings is 2. The molecule has 0 aliphatic carbocycles. The predicted molar refractivity (Wildman–Crippen MR) is 83.1 cm³/mol. The van der Waals surface area contributed by atoms with Crippen LogP contribution in [0.15, 0.2) is 48.7 Å². The average Bonchev–Trinajstić information content (AvgIpc) is 2.78. The van der Waals surface area contributed by atoms with Gasteiger partial charge in [-0.05, 0) is 35.4 Å². The number of ether oxygens (including phenoxy) is 1. The molecule has 3 rings (SSSR count). The van der Waals surface area contributed by atoms with Gasteiger partial charge in [0.25, 0.3) is 0 Å². The van der Waals surface area contributed by atoms with Crippen LogP contribution in [0.25, 0.3) is 10.9 Å². The van der Waals surface area contributed by atoms with Crippen LogP contribution in [-0.2, 0) is 13.5 Å². The monoisotopic (exact) mass is 266 g/mol. The average molecular weight is 266 g/mol. The van der Waals surface area contributed by atoms with Crippen LogP contribution in [0.3, 0.4) is 0 Å². The molecule has 0 aliphatic rings. The van der Waals surface area contributed by atoms with E-state index in [0.29, 0.717) is 0 Å². The van der Waals surface area contributed by atoms with Crippen LogP contribution in [0, 0.1) is 0 Å². The third-order valence-electron chi connectivity index (χ3n) is 3.71. The summed E-state index contributed by atoms with van der Waals surface area (Å²) in [5, 5.41) is 1.28. The number of methoxy groups -OCH3 is 1. The van der Waals surface area contributed by atoms with Crippen molar-refractivity contribution in [2.75, 3.05) is 12.8 Å². The van der Waals surface area contributed by atoms with Crippen molar-refractivity contribution in [1.82, 2.24) is 4.57 Å². The molecule has 0 aliphatic heterocycles. The summed E-state index contributed by atoms with van der Waals surface area (Å²) in [6.45, 7) is 0. The Hall–Kier alpha value is -2.42. The molecule has 0 saturated heterocycles. The van der Waals surface area contributed by atoms with Crippen molar-refractivity contribution < 1.29 is 4.74 Å². The summed E-state index contributed by atoms with van der Waals surface area (Å²) in [6, 6.07) is 14.2. The second-order valence-electron chi connectivity index (χ2n) is 5.02. The molecule has 3 nitrogen and oxygen atoms in total. The maximum absolute atomic E-state index is 6.08. The van der Waals surface area contributed by atoms with Gasteiger partial charge >= 0.3 is 0 Å². The molecule has 1 heterocycles. The van der Waals surface area contributed by atoms with Gasteiger partial charge in [0.1, 0.15) is 5.75 Å². The molecular weight excluding hydrogens is 248 g/mol. The molecule has 102 valence electrons. The lowest BCUT2D eigenvalue weighted by Gasteiger charge is -2.07. The number of rotatable bonds is 3. The molecule has 0 saturated carbocycles. The minimum absolute atomic E-state index is 0.804. The van der Waals surface area contributed by atoms with Crippen molar-refractivity contribution in [2.45, 2.75) is 6.42 Å². The first-order chi connectivity index (χ1) is 9.69. The molecule has 0 amide bonds. The van der Waals surface area contributed by atoms with Crippen LogP contribution in [-0.4, -0.2) is 11.7 Å². The van der Waals surface area contributed by atoms with Crippen LogP contribution < -0.4 is 10.5 Å². The molecule has 0 radical (unpaired) electrons. The summed E-state index contributed by atoms with van der Waals surface area (Å²) in [6.07, 6.45) is 2.98. The topological polar surface area (TPSA) is 40.2 Å². The third kappa shape index (κ3) is 2.11. The molecule has 20 heavy (non-hydrogen) atoms. The quantitative estimate of drug-likeness (QED) is 0.738. The summed E-state index contributed by atoms with van der Waals surface area (Å²) in [5.41, 5.74) is 10.5. The summed E-state index contributed by atoms with van der Waals surface area (Å²) in [7, 11) is 3.74. The Kier molecular flexibility index (Phi) is 3.11. The molecule has 2 N–H and O–H groups in total. The van der Waals surface area contributed by atoms with Crippen LogP contribution in [0.5, 0.6) is 5.75 Å². The first kappa shape index (κ1) is 12.6. The highest BCUT2D eigenvalue weighted by Gasteiger charge is 2.09. The molecular formula is C17H18N2O. The number of anilines is 1. The third-order valence-corrected chi connectivity index (χ3v) is 3.71. The second kappa shape index (κ2) is 4.93. The molecule has 0 fully saturated rings. The van der Waals surface area contributed by atoms with E-state index in [9.17, 15) is 0 Å². The minimum Gasteiger partial charge on any atom is -0.497 e. The number of hydrogen-bond donors (Lipinski definition) is 1. The summed E-state index contributed by atoms with van der Waals surface area (Å²) in [5.74, 6) is 0.842. The molecule has 2 aromatic carbocycles. The maximum atomic E-state index is 6.08. The lowest BCUT2D eigenvalue weighted by atomic mass is 10.0. The van der Waals surface area contributed by atoms with Gasteiger partial charge in [0.05, 0.1) is 7.11 Å². The fraction of sp³-hybridized carbons (Fsp3) is 0.176. The van der Waals surface area contributed by atoms with Gasteiger partial charge < -0.3 is 15.0 Å². The van der Waals surface area contributed by atoms with Crippen molar-refractivity contribution >= 4 is 16.6 Å². The Morgan fingerprint density at radius 2 is 1.90 bits per heavy atom. The summed E-state index contributed by atoms with van der Waals surface area (Å²) in [4.78, 5) is 0. The highest BCUT2D eigenvalue weighted by atomic mass is 16.5. The number of fused-ring (bicyclic) bond motifs is 1. The van der Waals surface area contributed by atoms with E-state index in [0.717, 1.165) is 23.4 Å². The normalized spacial score (nSPS) is 10.9. The SMILES string of the molecule is COc1ccc(N)c(Cc2cn(C)c3ccccc23)c1. The lowest BCUT2D eigenvalue weighted by Crippen LogP contribution is -1.96. The van der Waals surface area contributed by atoms with Crippen molar-refractivity contribution in [3.05, 3.63) is 59.8 Å². The van der Waals surface area contributed by atoms with E-state index in [2.05, 4.69) is 42.1 Å². The van der Waals surface area contributed by atoms with Crippen molar-refractivity contribution in [2.24, 2.45) is 7.05 Å². The van der Waals surface area contributed by atoms with Crippen molar-refractivity contribution in [1.29, 1.82) is 0 Å². The zero-order valence-electron chi connectivity index (χ0n) is 11.8. The van der Waals surface area contributed by atoms with Gasteiger partial charge in [-0.2, -0.15) is 0 Å². The molecule has 0 spiro atoms. The Morgan fingerprint density at radius 1 is 1.10 bits per heavy atom. The van der Waals surface area contributed by atoms with Gasteiger partial charge in [0.2, 0.25) is 0 Å². The van der Waals surface area contributed by atoms with E-state index in [1.54, 1.807) is 7.11 Å². The zero-order chi connectivity index (χ0) is 14.1. The first-order valence-electron chi connectivity index (χ1n) is 6.64. The smallest absolute Gasteiger partial charge is 0.119 e. The zero-order valence-corrected chi connectivity index (χ0v) is 11.8. The second-order valence-corrected chi connectivity index (χ2v) is 5.02. The van der Waals surface area contributed by atoms with E-state index >= 15 is 0 Å². The Morgan fingerprint density at radius 3 is 2.70 bits per heavy atom. The highest BCUT2D eigenvalue weighted by molar-refractivity contribution is 5.84. The molecule has 1 aromatic heterocycles. The van der Waals surface area contributed by atoms with Gasteiger partial charge in [0.15, 0.2) is 0 Å². The number of para-hydroxylation sites is 1. The largest absolute Gasteiger partial charge is 0.497 e. The van der Waals surface area contributed by atoms with E-state index < -0.39 is 0 Å². The summed E-state index contributed by atoms with van der Waals surface area (Å²) >= 11 is 0. The van der Waals surface area contributed by atoms with Crippen LogP contribution in [0.4, 0.5) is 5.69 Å². The Labute approximate surface area is 118 Å². The van der Waals surface area contributed by atoms with E-state index in [-0.39, 0.29) is 0 Å². The number of aryl methyl sites for hydroxylation is 1. The van der Waals surface area contributed by atoms with Crippen LogP contribution in [0.2, 0.25) is 0 Å². The van der Waals surface area contributed by atoms with Crippen LogP contribution in [0.1, 0.15) is 11.1 Å². The standard InChI is InChI=1S/C17H18N2O/c1-19-11-13(15-5-3-4-6-17(15)19)9-12-10-14(20-2)7-8-16(12)18/h3-8,10-11H,9,18H2,1-2H3. The maximum Gasteiger partial charge on any atom is 0.119 e. The molecule has 3 aromatic rings. The van der Waals surface area contributed by atoms with Gasteiger partial charge in [0, 0.05) is 36.3 Å². The van der Waals surface area contributed by atoms with Gasteiger partial charge in [-0.1, -0.05) is 18.2 Å². The lowest BCUT2D eigenvalue weighted by molar-refractivity contribution is 0.414. The number of hydrogen-bond acceptors (Lipinski definition) is 2. The number of nitrogens with two attached hydrogens (primary N) is 1. The van der Waals surface area contributed by atoms with Gasteiger partial charge in [-0.25, -0.2) is 0 Å². The molecule has 3 heteroatoms. The minimum atomic E-state index is 0.804. The van der Waals surface area contributed by atoms with E-state index in [1.807, 2.05) is 18.2 Å². The fourth-order valence-corrected chi connectivity index (χ4v) is 2.63. The van der Waals surface area contributed by atoms with Crippen LogP contribution >= 0.6 is 0 Å². The molecule has 0 bridgehead atoms. The highest BCUT2D eigenvalue weighted by Crippen LogP contribution is 2.27. The van der Waals surface area contributed by atoms with E-state index in [1.165, 1.54) is 16.5 Å². The van der Waals surface area contributed by atoms with E-state index in [4.69, 9.17) is 10.5 Å². The Bertz CT molecular complexity index is 759. The number of aromatic nitrogens is 1. The Balaban J connectivity index is 2.05. The molecule has 0 atom stereocenters. The first-order valence-corrected chi connectivity index (χ1v) is 6.64. The van der Waals surface area contributed by atoms with Crippen molar-refractivity contribution in [3.63, 3.8) is 0 Å². The predicted octanol–water partition coefficient (Wildman–Crippen LogP) is 3.36. The number of nitrogens with zero attached hydrogens (tertiary/aromatic N) is 1. The van der Waals surface area contributed by atoms with Crippen molar-refractivity contribution in [3.8, 4) is 5.75 Å². The van der Waals surface area contributed by atoms with Gasteiger partial charge in [-0.15, -0.1) is 0 Å². The number of nitrogen functional groups attached to an aromatic ring is 1. The van der Waals surface area contributed by atoms with Gasteiger partial charge in [-0.3, -0.25) is 0 Å².